The molecule has 0 spiro atoms. The van der Waals surface area contributed by atoms with Crippen molar-refractivity contribution < 1.29 is 14.3 Å². The van der Waals surface area contributed by atoms with Gasteiger partial charge in [-0.2, -0.15) is 0 Å². The Labute approximate surface area is 78.0 Å². The van der Waals surface area contributed by atoms with Gasteiger partial charge in [-0.3, -0.25) is 0 Å². The van der Waals surface area contributed by atoms with E-state index in [1.54, 1.807) is 12.0 Å². The van der Waals surface area contributed by atoms with Crippen molar-refractivity contribution in [3.63, 3.8) is 0 Å². The molecule has 2 amide bonds. The third-order valence-corrected chi connectivity index (χ3v) is 1.88. The number of hydrogen-bond acceptors (Lipinski definition) is 3. The van der Waals surface area contributed by atoms with Crippen molar-refractivity contribution in [2.24, 2.45) is 0 Å². The molecule has 13 heavy (non-hydrogen) atoms. The SMILES string of the molecule is COCCOCCN1CCNC1=O. The van der Waals surface area contributed by atoms with Crippen molar-refractivity contribution in [1.82, 2.24) is 10.2 Å². The number of methoxy groups -OCH3 is 1. The van der Waals surface area contributed by atoms with E-state index in [-0.39, 0.29) is 6.03 Å². The molecule has 0 unspecified atom stereocenters. The fraction of sp³-hybridized carbons (Fsp3) is 0.875. The highest BCUT2D eigenvalue weighted by Gasteiger charge is 2.18. The molecule has 0 aliphatic carbocycles. The molecule has 0 bridgehead atoms. The maximum absolute atomic E-state index is 11.0. The Morgan fingerprint density at radius 1 is 1.46 bits per heavy atom. The lowest BCUT2D eigenvalue weighted by molar-refractivity contribution is 0.0634. The highest BCUT2D eigenvalue weighted by atomic mass is 16.5. The third-order valence-electron chi connectivity index (χ3n) is 1.88. The van der Waals surface area contributed by atoms with Crippen LogP contribution in [-0.4, -0.2) is 57.5 Å². The molecule has 1 aliphatic rings. The minimum atomic E-state index is 0.00958. The summed E-state index contributed by atoms with van der Waals surface area (Å²) in [6, 6.07) is 0.00958. The van der Waals surface area contributed by atoms with Gasteiger partial charge in [0.2, 0.25) is 0 Å². The summed E-state index contributed by atoms with van der Waals surface area (Å²) in [7, 11) is 1.64. The van der Waals surface area contributed by atoms with Gasteiger partial charge in [-0.25, -0.2) is 4.79 Å². The largest absolute Gasteiger partial charge is 0.382 e. The molecule has 1 rings (SSSR count). The molecule has 76 valence electrons. The zero-order valence-corrected chi connectivity index (χ0v) is 7.91. The summed E-state index contributed by atoms with van der Waals surface area (Å²) < 4.78 is 10.1. The van der Waals surface area contributed by atoms with E-state index in [0.29, 0.717) is 26.4 Å². The van der Waals surface area contributed by atoms with E-state index in [4.69, 9.17) is 9.47 Å². The molecule has 0 radical (unpaired) electrons. The highest BCUT2D eigenvalue weighted by molar-refractivity contribution is 5.76. The van der Waals surface area contributed by atoms with Gasteiger partial charge in [0.25, 0.3) is 0 Å². The second kappa shape index (κ2) is 5.77. The summed E-state index contributed by atoms with van der Waals surface area (Å²) in [5, 5.41) is 2.73. The van der Waals surface area contributed by atoms with Crippen molar-refractivity contribution in [3.05, 3.63) is 0 Å². The predicted octanol–water partition coefficient (Wildman–Crippen LogP) is -0.325. The van der Waals surface area contributed by atoms with Crippen LogP contribution in [0.25, 0.3) is 0 Å². The number of carbonyl (C=O) groups is 1. The van der Waals surface area contributed by atoms with E-state index in [0.717, 1.165) is 13.1 Å². The number of nitrogens with zero attached hydrogens (tertiary/aromatic N) is 1. The lowest BCUT2D eigenvalue weighted by Gasteiger charge is -2.13. The van der Waals surface area contributed by atoms with E-state index in [2.05, 4.69) is 5.32 Å². The molecule has 0 aromatic carbocycles. The Hall–Kier alpha value is -0.810. The van der Waals surface area contributed by atoms with Gasteiger partial charge in [-0.15, -0.1) is 0 Å². The number of hydrogen-bond donors (Lipinski definition) is 1. The van der Waals surface area contributed by atoms with Crippen LogP contribution in [-0.2, 0) is 9.47 Å². The number of amides is 2. The number of rotatable bonds is 6. The first kappa shape index (κ1) is 10.3. The van der Waals surface area contributed by atoms with E-state index in [1.807, 2.05) is 0 Å². The van der Waals surface area contributed by atoms with Crippen LogP contribution in [0.5, 0.6) is 0 Å². The van der Waals surface area contributed by atoms with Crippen LogP contribution in [0.3, 0.4) is 0 Å². The smallest absolute Gasteiger partial charge is 0.317 e. The molecule has 0 aromatic heterocycles. The highest BCUT2D eigenvalue weighted by Crippen LogP contribution is 1.95. The lowest BCUT2D eigenvalue weighted by atomic mass is 10.5. The number of ether oxygens (including phenoxy) is 2. The molecule has 5 nitrogen and oxygen atoms in total. The number of urea groups is 1. The Morgan fingerprint density at radius 3 is 2.92 bits per heavy atom. The van der Waals surface area contributed by atoms with Crippen LogP contribution < -0.4 is 5.32 Å². The van der Waals surface area contributed by atoms with E-state index in [9.17, 15) is 4.79 Å². The zero-order chi connectivity index (χ0) is 9.52. The number of carbonyl (C=O) groups excluding carboxylic acids is 1. The Morgan fingerprint density at radius 2 is 2.31 bits per heavy atom. The van der Waals surface area contributed by atoms with E-state index < -0.39 is 0 Å². The first-order valence-corrected chi connectivity index (χ1v) is 4.44. The standard InChI is InChI=1S/C8H16N2O3/c1-12-6-7-13-5-4-10-3-2-9-8(10)11/h2-7H2,1H3,(H,9,11). The molecule has 1 heterocycles. The van der Waals surface area contributed by atoms with Crippen LogP contribution in [0.1, 0.15) is 0 Å². The van der Waals surface area contributed by atoms with Gasteiger partial charge in [0.1, 0.15) is 0 Å². The average molecular weight is 188 g/mol. The second-order valence-electron chi connectivity index (χ2n) is 2.82. The molecule has 5 heteroatoms. The Kier molecular flexibility index (Phi) is 4.56. The topological polar surface area (TPSA) is 50.8 Å². The molecular weight excluding hydrogens is 172 g/mol. The van der Waals surface area contributed by atoms with Gasteiger partial charge in [0.15, 0.2) is 0 Å². The fourth-order valence-corrected chi connectivity index (χ4v) is 1.14. The van der Waals surface area contributed by atoms with Crippen molar-refractivity contribution in [3.8, 4) is 0 Å². The lowest BCUT2D eigenvalue weighted by Crippen LogP contribution is -2.31. The van der Waals surface area contributed by atoms with Gasteiger partial charge < -0.3 is 19.7 Å². The second-order valence-corrected chi connectivity index (χ2v) is 2.82. The summed E-state index contributed by atoms with van der Waals surface area (Å²) in [6.07, 6.45) is 0. The minimum Gasteiger partial charge on any atom is -0.382 e. The van der Waals surface area contributed by atoms with Crippen LogP contribution >= 0.6 is 0 Å². The molecule has 0 aromatic rings. The summed E-state index contributed by atoms with van der Waals surface area (Å²) in [5.74, 6) is 0. The van der Waals surface area contributed by atoms with Crippen molar-refractivity contribution in [1.29, 1.82) is 0 Å². The van der Waals surface area contributed by atoms with Crippen molar-refractivity contribution >= 4 is 6.03 Å². The molecule has 1 fully saturated rings. The van der Waals surface area contributed by atoms with Crippen molar-refractivity contribution in [2.75, 3.05) is 46.6 Å². The van der Waals surface area contributed by atoms with Gasteiger partial charge >= 0.3 is 6.03 Å². The predicted molar refractivity (Wildman–Crippen MR) is 47.7 cm³/mol. The monoisotopic (exact) mass is 188 g/mol. The minimum absolute atomic E-state index is 0.00958. The van der Waals surface area contributed by atoms with Crippen molar-refractivity contribution in [2.45, 2.75) is 0 Å². The van der Waals surface area contributed by atoms with Gasteiger partial charge in [-0.1, -0.05) is 0 Å². The third kappa shape index (κ3) is 3.61. The summed E-state index contributed by atoms with van der Waals surface area (Å²) in [6.45, 7) is 3.97. The first-order valence-electron chi connectivity index (χ1n) is 4.44. The van der Waals surface area contributed by atoms with E-state index >= 15 is 0 Å². The van der Waals surface area contributed by atoms with Crippen LogP contribution in [0, 0.1) is 0 Å². The summed E-state index contributed by atoms with van der Waals surface area (Å²) in [5.41, 5.74) is 0. The molecule has 0 atom stereocenters. The molecular formula is C8H16N2O3. The van der Waals surface area contributed by atoms with Gasteiger partial charge in [0.05, 0.1) is 19.8 Å². The van der Waals surface area contributed by atoms with Crippen LogP contribution in [0.15, 0.2) is 0 Å². The maximum atomic E-state index is 11.0. The van der Waals surface area contributed by atoms with E-state index in [1.165, 1.54) is 0 Å². The quantitative estimate of drug-likeness (QED) is 0.581. The zero-order valence-electron chi connectivity index (χ0n) is 7.91. The summed E-state index contributed by atoms with van der Waals surface area (Å²) in [4.78, 5) is 12.8. The molecule has 0 saturated carbocycles. The molecule has 1 aliphatic heterocycles. The maximum Gasteiger partial charge on any atom is 0.317 e. The fourth-order valence-electron chi connectivity index (χ4n) is 1.14. The van der Waals surface area contributed by atoms with Crippen LogP contribution in [0.2, 0.25) is 0 Å². The van der Waals surface area contributed by atoms with Gasteiger partial charge in [0, 0.05) is 26.7 Å². The normalized spacial score (nSPS) is 16.4. The molecule has 1 N–H and O–H groups in total. The van der Waals surface area contributed by atoms with Gasteiger partial charge in [-0.05, 0) is 0 Å². The first-order chi connectivity index (χ1) is 6.34. The Bertz CT molecular complexity index is 163. The molecule has 1 saturated heterocycles. The average Bonchev–Trinajstić information content (AvgIpc) is 2.52. The number of nitrogens with one attached hydrogen (secondary N) is 1. The summed E-state index contributed by atoms with van der Waals surface area (Å²) >= 11 is 0. The van der Waals surface area contributed by atoms with Crippen LogP contribution in [0.4, 0.5) is 4.79 Å². The Balaban J connectivity index is 1.96.